The molecular formula is C22H29ClN10O5. The molecule has 0 aliphatic heterocycles. The minimum Gasteiger partial charge on any atom is -0.360 e. The minimum atomic E-state index is -0.588. The third-order valence-corrected chi connectivity index (χ3v) is 5.39. The van der Waals surface area contributed by atoms with Crippen LogP contribution in [-0.2, 0) is 21.1 Å². The van der Waals surface area contributed by atoms with Crippen molar-refractivity contribution in [2.24, 2.45) is 21.1 Å². The first-order valence-electron chi connectivity index (χ1n) is 11.0. The molecule has 0 aliphatic rings. The second-order valence-electron chi connectivity index (χ2n) is 8.12. The van der Waals surface area contributed by atoms with E-state index >= 15 is 0 Å². The first kappa shape index (κ1) is 29.4. The Morgan fingerprint density at radius 2 is 1.26 bits per heavy atom. The van der Waals surface area contributed by atoms with Crippen molar-refractivity contribution >= 4 is 53.2 Å². The third kappa shape index (κ3) is 6.91. The van der Waals surface area contributed by atoms with Gasteiger partial charge in [-0.25, -0.2) is 0 Å². The summed E-state index contributed by atoms with van der Waals surface area (Å²) in [7, 11) is 6.43. The zero-order chi connectivity index (χ0) is 27.3. The predicted molar refractivity (Wildman–Crippen MR) is 143 cm³/mol. The molecule has 3 aromatic heterocycles. The molecule has 38 heavy (non-hydrogen) atoms. The first-order valence-corrected chi connectivity index (χ1v) is 11.0. The number of nitro groups is 1. The highest BCUT2D eigenvalue weighted by atomic mass is 35.5. The van der Waals surface area contributed by atoms with Crippen molar-refractivity contribution in [2.45, 2.75) is 0 Å². The summed E-state index contributed by atoms with van der Waals surface area (Å²) in [6.45, 7) is 0.663. The summed E-state index contributed by atoms with van der Waals surface area (Å²) in [5, 5.41) is 31.9. The van der Waals surface area contributed by atoms with Gasteiger partial charge in [0.2, 0.25) is 0 Å². The van der Waals surface area contributed by atoms with E-state index in [-0.39, 0.29) is 41.3 Å². The van der Waals surface area contributed by atoms with E-state index in [4.69, 9.17) is 5.41 Å². The lowest BCUT2D eigenvalue weighted by Gasteiger charge is -2.08. The van der Waals surface area contributed by atoms with E-state index in [0.717, 1.165) is 0 Å². The molecule has 0 aliphatic carbocycles. The van der Waals surface area contributed by atoms with E-state index < -0.39 is 16.7 Å². The fourth-order valence-corrected chi connectivity index (χ4v) is 3.52. The van der Waals surface area contributed by atoms with Crippen LogP contribution < -0.4 is 26.6 Å². The number of amides is 3. The molecule has 3 amide bonds. The molecule has 3 heterocycles. The summed E-state index contributed by atoms with van der Waals surface area (Å²) in [6, 6.07) is 4.17. The lowest BCUT2D eigenvalue weighted by atomic mass is 10.3. The number of nitrogens with zero attached hydrogens (tertiary/aromatic N) is 4. The Labute approximate surface area is 223 Å². The Bertz CT molecular complexity index is 1370. The van der Waals surface area contributed by atoms with Gasteiger partial charge in [-0.05, 0) is 12.1 Å². The molecule has 0 bridgehead atoms. The van der Waals surface area contributed by atoms with Crippen LogP contribution in [0.15, 0.2) is 36.8 Å². The van der Waals surface area contributed by atoms with Gasteiger partial charge in [-0.15, -0.1) is 12.4 Å². The van der Waals surface area contributed by atoms with Crippen molar-refractivity contribution in [3.8, 4) is 0 Å². The van der Waals surface area contributed by atoms with Crippen LogP contribution in [0.2, 0.25) is 0 Å². The lowest BCUT2D eigenvalue weighted by molar-refractivity contribution is -0.384. The zero-order valence-corrected chi connectivity index (χ0v) is 21.9. The van der Waals surface area contributed by atoms with Crippen LogP contribution in [0, 0.1) is 15.5 Å². The number of nitrogens with one attached hydrogen (secondary N) is 6. The Hall–Kier alpha value is -4.79. The van der Waals surface area contributed by atoms with Gasteiger partial charge in [0.1, 0.15) is 17.1 Å². The van der Waals surface area contributed by atoms with Crippen LogP contribution in [0.1, 0.15) is 31.5 Å². The maximum absolute atomic E-state index is 12.9. The number of halogens is 1. The normalized spacial score (nSPS) is 10.2. The number of aromatic nitrogens is 3. The summed E-state index contributed by atoms with van der Waals surface area (Å²) in [4.78, 5) is 48.3. The topological polar surface area (TPSA) is 193 Å². The fourth-order valence-electron chi connectivity index (χ4n) is 3.52. The van der Waals surface area contributed by atoms with Crippen LogP contribution in [0.25, 0.3) is 0 Å². The minimum absolute atomic E-state index is 0. The SMILES string of the molecule is CNC(=N)NCCNC(=O)c1cc(NC(=O)c2cc(NC(=O)c3cc([N+](=O)[O-])cn3C)cn2C)cn1C.Cl. The smallest absolute Gasteiger partial charge is 0.287 e. The van der Waals surface area contributed by atoms with E-state index in [9.17, 15) is 24.5 Å². The summed E-state index contributed by atoms with van der Waals surface area (Å²) in [5.74, 6) is -1.23. The number of hydrogen-bond acceptors (Lipinski definition) is 6. The van der Waals surface area contributed by atoms with Crippen molar-refractivity contribution < 1.29 is 19.3 Å². The van der Waals surface area contributed by atoms with Gasteiger partial charge in [0.05, 0.1) is 22.5 Å². The highest BCUT2D eigenvalue weighted by molar-refractivity contribution is 6.07. The van der Waals surface area contributed by atoms with Crippen molar-refractivity contribution in [1.82, 2.24) is 29.7 Å². The number of rotatable bonds is 9. The molecule has 3 aromatic rings. The number of aryl methyl sites for hydroxylation is 3. The molecule has 6 N–H and O–H groups in total. The van der Waals surface area contributed by atoms with E-state index in [2.05, 4.69) is 26.6 Å². The molecule has 0 saturated heterocycles. The maximum Gasteiger partial charge on any atom is 0.287 e. The summed E-state index contributed by atoms with van der Waals surface area (Å²) >= 11 is 0. The Balaban J connectivity index is 0.00000507. The molecule has 0 spiro atoms. The second-order valence-corrected chi connectivity index (χ2v) is 8.12. The molecular weight excluding hydrogens is 520 g/mol. The molecule has 15 nitrogen and oxygen atoms in total. The largest absolute Gasteiger partial charge is 0.360 e. The quantitative estimate of drug-likeness (QED) is 0.0754. The highest BCUT2D eigenvalue weighted by Crippen LogP contribution is 2.20. The zero-order valence-electron chi connectivity index (χ0n) is 21.1. The van der Waals surface area contributed by atoms with Gasteiger partial charge < -0.3 is 40.3 Å². The van der Waals surface area contributed by atoms with Crippen molar-refractivity contribution in [1.29, 1.82) is 5.41 Å². The van der Waals surface area contributed by atoms with Crippen LogP contribution in [0.3, 0.4) is 0 Å². The lowest BCUT2D eigenvalue weighted by Crippen LogP contribution is -2.39. The van der Waals surface area contributed by atoms with E-state index in [1.165, 1.54) is 46.8 Å². The van der Waals surface area contributed by atoms with Crippen LogP contribution >= 0.6 is 12.4 Å². The average Bonchev–Trinajstić information content (AvgIpc) is 3.52. The van der Waals surface area contributed by atoms with Crippen LogP contribution in [-0.4, -0.2) is 62.4 Å². The van der Waals surface area contributed by atoms with E-state index in [0.29, 0.717) is 30.2 Å². The van der Waals surface area contributed by atoms with Crippen molar-refractivity contribution in [3.63, 3.8) is 0 Å². The van der Waals surface area contributed by atoms with Crippen molar-refractivity contribution in [3.05, 3.63) is 64.0 Å². The average molecular weight is 549 g/mol. The number of guanidine groups is 1. The molecule has 204 valence electrons. The van der Waals surface area contributed by atoms with Crippen LogP contribution in [0.4, 0.5) is 17.1 Å². The number of carbonyl (C=O) groups is 3. The molecule has 0 atom stereocenters. The van der Waals surface area contributed by atoms with E-state index in [1.54, 1.807) is 31.9 Å². The molecule has 3 rings (SSSR count). The van der Waals surface area contributed by atoms with E-state index in [1.807, 2.05) is 0 Å². The monoisotopic (exact) mass is 548 g/mol. The Kier molecular flexibility index (Phi) is 9.64. The molecule has 0 aromatic carbocycles. The number of anilines is 2. The second kappa shape index (κ2) is 12.4. The van der Waals surface area contributed by atoms with Crippen molar-refractivity contribution in [2.75, 3.05) is 30.8 Å². The van der Waals surface area contributed by atoms with Crippen LogP contribution in [0.5, 0.6) is 0 Å². The summed E-state index contributed by atoms with van der Waals surface area (Å²) < 4.78 is 4.44. The predicted octanol–water partition coefficient (Wildman–Crippen LogP) is 1.01. The molecule has 0 radical (unpaired) electrons. The molecule has 0 unspecified atom stereocenters. The van der Waals surface area contributed by atoms with Gasteiger partial charge in [-0.1, -0.05) is 0 Å². The first-order chi connectivity index (χ1) is 17.5. The highest BCUT2D eigenvalue weighted by Gasteiger charge is 2.20. The molecule has 0 saturated carbocycles. The van der Waals surface area contributed by atoms with Gasteiger partial charge in [-0.2, -0.15) is 0 Å². The van der Waals surface area contributed by atoms with Gasteiger partial charge in [-0.3, -0.25) is 29.9 Å². The van der Waals surface area contributed by atoms with Gasteiger partial charge in [0.15, 0.2) is 5.96 Å². The Morgan fingerprint density at radius 1 is 0.816 bits per heavy atom. The molecule has 0 fully saturated rings. The van der Waals surface area contributed by atoms with Gasteiger partial charge in [0, 0.05) is 59.7 Å². The van der Waals surface area contributed by atoms with Gasteiger partial charge in [0.25, 0.3) is 23.4 Å². The number of hydrogen-bond donors (Lipinski definition) is 6. The molecule has 16 heteroatoms. The summed E-state index contributed by atoms with van der Waals surface area (Å²) in [5.41, 5.74) is 1.18. The Morgan fingerprint density at radius 3 is 1.74 bits per heavy atom. The third-order valence-electron chi connectivity index (χ3n) is 5.39. The number of carbonyl (C=O) groups excluding carboxylic acids is 3. The fraction of sp³-hybridized carbons (Fsp3) is 0.273. The summed E-state index contributed by atoms with van der Waals surface area (Å²) in [6.07, 6.45) is 4.37. The maximum atomic E-state index is 12.9. The standard InChI is InChI=1S/C22H28N10O5.ClH/c1-24-22(23)26-6-5-25-19(33)16-7-13(10-29(16)2)27-20(34)17-8-14(11-30(17)3)28-21(35)18-9-15(32(36)37)12-31(18)4;/h7-12H,5-6H2,1-4H3,(H,25,33)(H,27,34)(H,28,35)(H3,23,24,26);1H. The van der Waals surface area contributed by atoms with Gasteiger partial charge >= 0.3 is 0 Å².